The van der Waals surface area contributed by atoms with Crippen molar-refractivity contribution in [2.24, 2.45) is 0 Å². The maximum Gasteiger partial charge on any atom is 0.167 e. The molecule has 4 nitrogen and oxygen atoms in total. The Kier molecular flexibility index (Phi) is 6.23. The minimum absolute atomic E-state index is 0.147. The second-order valence-corrected chi connectivity index (χ2v) is 5.55. The van der Waals surface area contributed by atoms with Gasteiger partial charge in [0.2, 0.25) is 0 Å². The van der Waals surface area contributed by atoms with Crippen molar-refractivity contribution in [2.45, 2.75) is 19.5 Å². The van der Waals surface area contributed by atoms with Crippen molar-refractivity contribution in [3.63, 3.8) is 0 Å². The van der Waals surface area contributed by atoms with Gasteiger partial charge < -0.3 is 20.1 Å². The molecule has 0 saturated heterocycles. The number of thiocarbonyl (C=S) groups is 1. The molecule has 2 N–H and O–H groups in total. The summed E-state index contributed by atoms with van der Waals surface area (Å²) in [6, 6.07) is 16.1. The zero-order chi connectivity index (χ0) is 16.7. The molecule has 0 aliphatic rings. The third kappa shape index (κ3) is 4.86. The maximum atomic E-state index is 5.39. The first-order valence-electron chi connectivity index (χ1n) is 7.44. The molecule has 0 fully saturated rings. The van der Waals surface area contributed by atoms with Crippen LogP contribution in [0, 0.1) is 0 Å². The molecule has 0 spiro atoms. The zero-order valence-electron chi connectivity index (χ0n) is 13.6. The molecule has 2 aromatic carbocycles. The molecule has 2 rings (SSSR count). The van der Waals surface area contributed by atoms with Crippen molar-refractivity contribution in [1.29, 1.82) is 0 Å². The first-order chi connectivity index (χ1) is 11.1. The van der Waals surface area contributed by atoms with Crippen LogP contribution in [0.15, 0.2) is 48.5 Å². The van der Waals surface area contributed by atoms with E-state index in [9.17, 15) is 0 Å². The van der Waals surface area contributed by atoms with Crippen LogP contribution in [0.4, 0.5) is 0 Å². The topological polar surface area (TPSA) is 42.5 Å². The number of ether oxygens (including phenoxy) is 2. The molecule has 23 heavy (non-hydrogen) atoms. The Morgan fingerprint density at radius 2 is 1.83 bits per heavy atom. The highest BCUT2D eigenvalue weighted by molar-refractivity contribution is 7.80. The summed E-state index contributed by atoms with van der Waals surface area (Å²) >= 11 is 5.37. The quantitative estimate of drug-likeness (QED) is 0.794. The van der Waals surface area contributed by atoms with Crippen LogP contribution in [-0.2, 0) is 6.54 Å². The molecule has 1 unspecified atom stereocenters. The van der Waals surface area contributed by atoms with Crippen LogP contribution in [0.25, 0.3) is 0 Å². The number of hydrogen-bond donors (Lipinski definition) is 2. The van der Waals surface area contributed by atoms with Crippen LogP contribution in [-0.4, -0.2) is 19.3 Å². The molecule has 122 valence electrons. The van der Waals surface area contributed by atoms with E-state index < -0.39 is 0 Å². The molecule has 1 atom stereocenters. The number of hydrogen-bond acceptors (Lipinski definition) is 3. The second kappa shape index (κ2) is 8.39. The van der Waals surface area contributed by atoms with Crippen LogP contribution >= 0.6 is 12.2 Å². The van der Waals surface area contributed by atoms with Crippen molar-refractivity contribution in [3.8, 4) is 11.5 Å². The summed E-state index contributed by atoms with van der Waals surface area (Å²) in [4.78, 5) is 0. The lowest BCUT2D eigenvalue weighted by molar-refractivity contribution is 0.390. The van der Waals surface area contributed by atoms with Gasteiger partial charge >= 0.3 is 0 Å². The SMILES string of the molecule is COc1ccc(CNC(=S)NC(C)c2ccccc2)c(OC)c1. The fourth-order valence-corrected chi connectivity index (χ4v) is 2.50. The van der Waals surface area contributed by atoms with Crippen molar-refractivity contribution in [1.82, 2.24) is 10.6 Å². The van der Waals surface area contributed by atoms with E-state index in [0.717, 1.165) is 17.1 Å². The molecular weight excluding hydrogens is 308 g/mol. The standard InChI is InChI=1S/C18H22N2O2S/c1-13(14-7-5-4-6-8-14)20-18(23)19-12-15-9-10-16(21-2)11-17(15)22-3/h4-11,13H,12H2,1-3H3,(H2,19,20,23). The Morgan fingerprint density at radius 3 is 2.48 bits per heavy atom. The van der Waals surface area contributed by atoms with E-state index in [-0.39, 0.29) is 6.04 Å². The minimum Gasteiger partial charge on any atom is -0.497 e. The smallest absolute Gasteiger partial charge is 0.167 e. The Labute approximate surface area is 142 Å². The van der Waals surface area contributed by atoms with Crippen molar-refractivity contribution in [2.75, 3.05) is 14.2 Å². The molecular formula is C18H22N2O2S. The monoisotopic (exact) mass is 330 g/mol. The minimum atomic E-state index is 0.147. The lowest BCUT2D eigenvalue weighted by Gasteiger charge is -2.18. The fraction of sp³-hybridized carbons (Fsp3) is 0.278. The predicted octanol–water partition coefficient (Wildman–Crippen LogP) is 3.43. The number of benzene rings is 2. The third-order valence-electron chi connectivity index (χ3n) is 3.58. The van der Waals surface area contributed by atoms with E-state index in [1.165, 1.54) is 5.56 Å². The van der Waals surface area contributed by atoms with Gasteiger partial charge in [0.1, 0.15) is 11.5 Å². The Morgan fingerprint density at radius 1 is 1.09 bits per heavy atom. The first kappa shape index (κ1) is 17.1. The van der Waals surface area contributed by atoms with Gasteiger partial charge in [-0.1, -0.05) is 30.3 Å². The second-order valence-electron chi connectivity index (χ2n) is 5.14. The van der Waals surface area contributed by atoms with Gasteiger partial charge in [-0.15, -0.1) is 0 Å². The highest BCUT2D eigenvalue weighted by Crippen LogP contribution is 2.24. The summed E-state index contributed by atoms with van der Waals surface area (Å²) < 4.78 is 10.6. The van der Waals surface area contributed by atoms with Crippen LogP contribution in [0.3, 0.4) is 0 Å². The van der Waals surface area contributed by atoms with Gasteiger partial charge in [0.15, 0.2) is 5.11 Å². The predicted molar refractivity (Wildman–Crippen MR) is 97.0 cm³/mol. The summed E-state index contributed by atoms with van der Waals surface area (Å²) in [6.07, 6.45) is 0. The average molecular weight is 330 g/mol. The van der Waals surface area contributed by atoms with Gasteiger partial charge in [0, 0.05) is 18.2 Å². The summed E-state index contributed by atoms with van der Waals surface area (Å²) in [6.45, 7) is 2.66. The lowest BCUT2D eigenvalue weighted by Crippen LogP contribution is -2.36. The molecule has 0 bridgehead atoms. The Bertz CT molecular complexity index is 647. The molecule has 5 heteroatoms. The van der Waals surface area contributed by atoms with E-state index in [1.54, 1.807) is 14.2 Å². The van der Waals surface area contributed by atoms with Gasteiger partial charge in [-0.25, -0.2) is 0 Å². The van der Waals surface area contributed by atoms with E-state index in [0.29, 0.717) is 11.7 Å². The maximum absolute atomic E-state index is 5.39. The van der Waals surface area contributed by atoms with Gasteiger partial charge in [-0.05, 0) is 36.8 Å². The van der Waals surface area contributed by atoms with E-state index >= 15 is 0 Å². The molecule has 0 aliphatic carbocycles. The molecule has 0 radical (unpaired) electrons. The summed E-state index contributed by atoms with van der Waals surface area (Å²) in [5, 5.41) is 7.10. The van der Waals surface area contributed by atoms with Crippen LogP contribution < -0.4 is 20.1 Å². The highest BCUT2D eigenvalue weighted by Gasteiger charge is 2.08. The van der Waals surface area contributed by atoms with Gasteiger partial charge in [-0.2, -0.15) is 0 Å². The number of nitrogens with one attached hydrogen (secondary N) is 2. The molecule has 0 amide bonds. The number of rotatable bonds is 6. The fourth-order valence-electron chi connectivity index (χ4n) is 2.25. The number of methoxy groups -OCH3 is 2. The third-order valence-corrected chi connectivity index (χ3v) is 3.84. The van der Waals surface area contributed by atoms with Crippen LogP contribution in [0.5, 0.6) is 11.5 Å². The van der Waals surface area contributed by atoms with Crippen molar-refractivity contribution >= 4 is 17.3 Å². The summed E-state index contributed by atoms with van der Waals surface area (Å²) in [7, 11) is 3.28. The highest BCUT2D eigenvalue weighted by atomic mass is 32.1. The Balaban J connectivity index is 1.92. The zero-order valence-corrected chi connectivity index (χ0v) is 14.4. The molecule has 2 aromatic rings. The summed E-state index contributed by atoms with van der Waals surface area (Å²) in [5.74, 6) is 1.54. The van der Waals surface area contributed by atoms with E-state index in [4.69, 9.17) is 21.7 Å². The van der Waals surface area contributed by atoms with Crippen molar-refractivity contribution < 1.29 is 9.47 Å². The van der Waals surface area contributed by atoms with Gasteiger partial charge in [0.05, 0.1) is 20.3 Å². The molecule has 0 heterocycles. The molecule has 0 saturated carbocycles. The van der Waals surface area contributed by atoms with Gasteiger partial charge in [-0.3, -0.25) is 0 Å². The van der Waals surface area contributed by atoms with Gasteiger partial charge in [0.25, 0.3) is 0 Å². The van der Waals surface area contributed by atoms with Crippen LogP contribution in [0.2, 0.25) is 0 Å². The average Bonchev–Trinajstić information content (AvgIpc) is 2.60. The molecule has 0 aromatic heterocycles. The lowest BCUT2D eigenvalue weighted by atomic mass is 10.1. The van der Waals surface area contributed by atoms with E-state index in [1.807, 2.05) is 36.4 Å². The summed E-state index contributed by atoms with van der Waals surface area (Å²) in [5.41, 5.74) is 2.21. The first-order valence-corrected chi connectivity index (χ1v) is 7.85. The van der Waals surface area contributed by atoms with Crippen molar-refractivity contribution in [3.05, 3.63) is 59.7 Å². The Hall–Kier alpha value is -2.27. The van der Waals surface area contributed by atoms with E-state index in [2.05, 4.69) is 29.7 Å². The van der Waals surface area contributed by atoms with Crippen LogP contribution in [0.1, 0.15) is 24.1 Å². The normalized spacial score (nSPS) is 11.4. The molecule has 0 aliphatic heterocycles. The largest absolute Gasteiger partial charge is 0.497 e.